The molecule has 108 valence electrons. The van der Waals surface area contributed by atoms with Gasteiger partial charge in [-0.3, -0.25) is 9.69 Å². The Kier molecular flexibility index (Phi) is 4.14. The van der Waals surface area contributed by atoms with Crippen LogP contribution in [0.15, 0.2) is 9.00 Å². The third-order valence-corrected chi connectivity index (χ3v) is 6.94. The molecular weight excluding hydrogens is 286 g/mol. The molecule has 1 aliphatic rings. The summed E-state index contributed by atoms with van der Waals surface area (Å²) in [6.45, 7) is 8.32. The summed E-state index contributed by atoms with van der Waals surface area (Å²) in [6, 6.07) is 0.199. The molecule has 2 rings (SSSR count). The normalized spacial score (nSPS) is 22.8. The van der Waals surface area contributed by atoms with Gasteiger partial charge in [-0.2, -0.15) is 4.31 Å². The van der Waals surface area contributed by atoms with Gasteiger partial charge in [-0.25, -0.2) is 8.42 Å². The highest BCUT2D eigenvalue weighted by atomic mass is 32.2. The topological polar surface area (TPSA) is 73.5 Å². The van der Waals surface area contributed by atoms with E-state index in [-0.39, 0.29) is 15.1 Å². The van der Waals surface area contributed by atoms with Crippen LogP contribution in [0.1, 0.15) is 19.5 Å². The van der Waals surface area contributed by atoms with Crippen molar-refractivity contribution in [2.24, 2.45) is 0 Å². The highest BCUT2D eigenvalue weighted by Gasteiger charge is 2.33. The highest BCUT2D eigenvalue weighted by molar-refractivity contribution is 7.91. The Hall–Kier alpha value is -0.700. The number of nitrogens with zero attached hydrogens (tertiary/aromatic N) is 2. The van der Waals surface area contributed by atoms with Crippen molar-refractivity contribution in [1.29, 1.82) is 0 Å². The molecule has 1 aromatic heterocycles. The molecule has 0 aromatic carbocycles. The molecule has 0 radical (unpaired) electrons. The second-order valence-corrected chi connectivity index (χ2v) is 7.88. The van der Waals surface area contributed by atoms with Gasteiger partial charge in [0.15, 0.2) is 4.21 Å². The van der Waals surface area contributed by atoms with Gasteiger partial charge >= 0.3 is 4.87 Å². The van der Waals surface area contributed by atoms with Gasteiger partial charge in [0, 0.05) is 31.4 Å². The Morgan fingerprint density at radius 2 is 2.11 bits per heavy atom. The number of aryl methyl sites for hydroxylation is 1. The first-order valence-electron chi connectivity index (χ1n) is 6.30. The highest BCUT2D eigenvalue weighted by Crippen LogP contribution is 2.23. The zero-order chi connectivity index (χ0) is 14.2. The summed E-state index contributed by atoms with van der Waals surface area (Å²) in [5.41, 5.74) is 0.431. The van der Waals surface area contributed by atoms with Crippen molar-refractivity contribution in [3.8, 4) is 0 Å². The molecule has 1 unspecified atom stereocenters. The summed E-state index contributed by atoms with van der Waals surface area (Å²) in [6.07, 6.45) is 0. The Balaban J connectivity index is 2.27. The van der Waals surface area contributed by atoms with Crippen LogP contribution >= 0.6 is 11.3 Å². The second-order valence-electron chi connectivity index (χ2n) is 4.77. The number of aromatic amines is 1. The Labute approximate surface area is 117 Å². The quantitative estimate of drug-likeness (QED) is 0.880. The molecule has 19 heavy (non-hydrogen) atoms. The summed E-state index contributed by atoms with van der Waals surface area (Å²) in [7, 11) is -3.54. The molecule has 0 saturated carbocycles. The van der Waals surface area contributed by atoms with Gasteiger partial charge in [0.25, 0.3) is 10.0 Å². The van der Waals surface area contributed by atoms with E-state index < -0.39 is 10.0 Å². The number of sulfonamides is 1. The van der Waals surface area contributed by atoms with Crippen molar-refractivity contribution in [2.75, 3.05) is 26.2 Å². The number of likely N-dealkylation sites (N-methyl/N-ethyl adjacent to an activating group) is 1. The molecule has 2 heterocycles. The van der Waals surface area contributed by atoms with E-state index in [2.05, 4.69) is 16.8 Å². The van der Waals surface area contributed by atoms with Crippen LogP contribution in [0.4, 0.5) is 0 Å². The number of thiazole rings is 1. The largest absolute Gasteiger partial charge is 0.315 e. The van der Waals surface area contributed by atoms with Crippen LogP contribution in [-0.2, 0) is 10.0 Å². The maximum Gasteiger partial charge on any atom is 0.305 e. The smallest absolute Gasteiger partial charge is 0.305 e. The first kappa shape index (κ1) is 14.7. The molecule has 0 spiro atoms. The van der Waals surface area contributed by atoms with Gasteiger partial charge in [-0.05, 0) is 20.4 Å². The lowest BCUT2D eigenvalue weighted by Crippen LogP contribution is -2.53. The fourth-order valence-corrected chi connectivity index (χ4v) is 5.35. The predicted molar refractivity (Wildman–Crippen MR) is 75.1 cm³/mol. The van der Waals surface area contributed by atoms with E-state index in [1.165, 1.54) is 4.31 Å². The Bertz CT molecular complexity index is 605. The predicted octanol–water partition coefficient (Wildman–Crippen LogP) is 0.460. The summed E-state index contributed by atoms with van der Waals surface area (Å²) in [4.78, 5) is 15.7. The second kappa shape index (κ2) is 5.35. The van der Waals surface area contributed by atoms with E-state index in [1.54, 1.807) is 6.92 Å². The monoisotopic (exact) mass is 305 g/mol. The minimum atomic E-state index is -3.54. The molecule has 1 saturated heterocycles. The van der Waals surface area contributed by atoms with Crippen LogP contribution in [0.2, 0.25) is 0 Å². The van der Waals surface area contributed by atoms with Crippen LogP contribution in [-0.4, -0.2) is 54.8 Å². The third-order valence-electron chi connectivity index (χ3n) is 3.49. The lowest BCUT2D eigenvalue weighted by atomic mass is 10.2. The molecule has 1 aromatic rings. The zero-order valence-corrected chi connectivity index (χ0v) is 13.0. The molecule has 8 heteroatoms. The van der Waals surface area contributed by atoms with Gasteiger partial charge in [-0.1, -0.05) is 18.3 Å². The van der Waals surface area contributed by atoms with Gasteiger partial charge in [0.05, 0.1) is 0 Å². The van der Waals surface area contributed by atoms with Crippen molar-refractivity contribution in [1.82, 2.24) is 14.2 Å². The summed E-state index contributed by atoms with van der Waals surface area (Å²) >= 11 is 0.768. The molecule has 1 N–H and O–H groups in total. The number of H-pyrrole nitrogens is 1. The van der Waals surface area contributed by atoms with E-state index in [0.717, 1.165) is 24.4 Å². The summed E-state index contributed by atoms with van der Waals surface area (Å²) < 4.78 is 26.7. The maximum atomic E-state index is 12.5. The van der Waals surface area contributed by atoms with Crippen molar-refractivity contribution in [3.63, 3.8) is 0 Å². The van der Waals surface area contributed by atoms with Gasteiger partial charge in [0.1, 0.15) is 0 Å². The molecule has 1 atom stereocenters. The number of nitrogens with one attached hydrogen (secondary N) is 1. The Morgan fingerprint density at radius 3 is 2.58 bits per heavy atom. The van der Waals surface area contributed by atoms with Crippen LogP contribution in [0.25, 0.3) is 0 Å². The number of aromatic nitrogens is 1. The van der Waals surface area contributed by atoms with Crippen LogP contribution < -0.4 is 4.87 Å². The number of piperazine rings is 1. The zero-order valence-electron chi connectivity index (χ0n) is 11.3. The first-order chi connectivity index (χ1) is 8.86. The fraction of sp³-hybridized carbons (Fsp3) is 0.727. The lowest BCUT2D eigenvalue weighted by molar-refractivity contribution is 0.136. The molecule has 6 nitrogen and oxygen atoms in total. The number of hydrogen-bond acceptors (Lipinski definition) is 5. The van der Waals surface area contributed by atoms with E-state index in [0.29, 0.717) is 18.8 Å². The van der Waals surface area contributed by atoms with Gasteiger partial charge in [0.2, 0.25) is 0 Å². The fourth-order valence-electron chi connectivity index (χ4n) is 2.40. The van der Waals surface area contributed by atoms with Crippen LogP contribution in [0.3, 0.4) is 0 Å². The van der Waals surface area contributed by atoms with Crippen molar-refractivity contribution >= 4 is 21.4 Å². The molecule has 0 amide bonds. The first-order valence-corrected chi connectivity index (χ1v) is 8.55. The standard InChI is InChI=1S/C11H19N3O3S2/c1-4-13-5-6-14(7-8(13)2)19(16,17)10-9(3)12-11(15)18-10/h8H,4-7H2,1-3H3,(H,12,15). The average Bonchev–Trinajstić information content (AvgIpc) is 2.69. The lowest BCUT2D eigenvalue weighted by Gasteiger charge is -2.38. The number of hydrogen-bond donors (Lipinski definition) is 1. The summed E-state index contributed by atoms with van der Waals surface area (Å²) in [5.74, 6) is 0. The number of rotatable bonds is 3. The van der Waals surface area contributed by atoms with E-state index in [9.17, 15) is 13.2 Å². The summed E-state index contributed by atoms with van der Waals surface area (Å²) in [5, 5.41) is 0. The van der Waals surface area contributed by atoms with E-state index in [1.807, 2.05) is 6.92 Å². The van der Waals surface area contributed by atoms with Crippen molar-refractivity contribution in [3.05, 3.63) is 15.4 Å². The van der Waals surface area contributed by atoms with Crippen molar-refractivity contribution in [2.45, 2.75) is 31.0 Å². The SMILES string of the molecule is CCN1CCN(S(=O)(=O)c2sc(=O)[nH]c2C)CC1C. The van der Waals surface area contributed by atoms with Gasteiger partial charge in [-0.15, -0.1) is 0 Å². The van der Waals surface area contributed by atoms with Crippen LogP contribution in [0.5, 0.6) is 0 Å². The van der Waals surface area contributed by atoms with E-state index >= 15 is 0 Å². The molecule has 0 aliphatic carbocycles. The molecule has 0 bridgehead atoms. The van der Waals surface area contributed by atoms with E-state index in [4.69, 9.17) is 0 Å². The van der Waals surface area contributed by atoms with Crippen LogP contribution in [0, 0.1) is 6.92 Å². The third kappa shape index (κ3) is 2.76. The molecular formula is C11H19N3O3S2. The molecule has 1 fully saturated rings. The minimum absolute atomic E-state index is 0.148. The maximum absolute atomic E-state index is 12.5. The Morgan fingerprint density at radius 1 is 1.42 bits per heavy atom. The van der Waals surface area contributed by atoms with Gasteiger partial charge < -0.3 is 4.98 Å². The minimum Gasteiger partial charge on any atom is -0.315 e. The van der Waals surface area contributed by atoms with Crippen molar-refractivity contribution < 1.29 is 8.42 Å². The molecule has 1 aliphatic heterocycles. The average molecular weight is 305 g/mol.